The van der Waals surface area contributed by atoms with Crippen molar-refractivity contribution in [1.82, 2.24) is 0 Å². The molecule has 0 aromatic heterocycles. The molecule has 0 spiro atoms. The Balaban J connectivity index is 2.07. The van der Waals surface area contributed by atoms with Crippen molar-refractivity contribution in [3.8, 4) is 0 Å². The van der Waals surface area contributed by atoms with Gasteiger partial charge in [-0.1, -0.05) is 0 Å². The zero-order chi connectivity index (χ0) is 7.40. The second-order valence-electron chi connectivity index (χ2n) is 2.50. The van der Waals surface area contributed by atoms with Crippen LogP contribution in [-0.2, 0) is 9.47 Å². The van der Waals surface area contributed by atoms with Gasteiger partial charge in [0.2, 0.25) is 0 Å². The SMILES string of the molecule is CC(=N)OCC1CCCO1. The highest BCUT2D eigenvalue weighted by Gasteiger charge is 2.15. The van der Waals surface area contributed by atoms with Crippen LogP contribution in [0.3, 0.4) is 0 Å². The molecule has 3 nitrogen and oxygen atoms in total. The third kappa shape index (κ3) is 2.35. The molecule has 10 heavy (non-hydrogen) atoms. The Morgan fingerprint density at radius 3 is 3.10 bits per heavy atom. The predicted molar refractivity (Wildman–Crippen MR) is 38.3 cm³/mol. The van der Waals surface area contributed by atoms with Gasteiger partial charge in [-0.2, -0.15) is 0 Å². The summed E-state index contributed by atoms with van der Waals surface area (Å²) in [5, 5.41) is 6.98. The molecule has 0 saturated carbocycles. The first kappa shape index (κ1) is 7.54. The summed E-state index contributed by atoms with van der Waals surface area (Å²) in [7, 11) is 0. The minimum Gasteiger partial charge on any atom is -0.479 e. The first-order valence-electron chi connectivity index (χ1n) is 3.58. The molecule has 0 radical (unpaired) electrons. The van der Waals surface area contributed by atoms with E-state index in [9.17, 15) is 0 Å². The lowest BCUT2D eigenvalue weighted by molar-refractivity contribution is 0.0631. The molecule has 1 aliphatic rings. The fourth-order valence-corrected chi connectivity index (χ4v) is 0.994. The van der Waals surface area contributed by atoms with Gasteiger partial charge in [0, 0.05) is 13.5 Å². The predicted octanol–water partition coefficient (Wildman–Crippen LogP) is 1.18. The maximum absolute atomic E-state index is 6.98. The fourth-order valence-electron chi connectivity index (χ4n) is 0.994. The van der Waals surface area contributed by atoms with Gasteiger partial charge in [0.15, 0.2) is 5.90 Å². The van der Waals surface area contributed by atoms with E-state index in [0.29, 0.717) is 6.61 Å². The average Bonchev–Trinajstić information content (AvgIpc) is 2.34. The molecule has 1 atom stereocenters. The molecule has 0 bridgehead atoms. The Kier molecular flexibility index (Phi) is 2.68. The quantitative estimate of drug-likeness (QED) is 0.466. The van der Waals surface area contributed by atoms with Crippen molar-refractivity contribution in [1.29, 1.82) is 5.41 Å². The van der Waals surface area contributed by atoms with Gasteiger partial charge in [-0.3, -0.25) is 5.41 Å². The lowest BCUT2D eigenvalue weighted by Crippen LogP contribution is -2.15. The van der Waals surface area contributed by atoms with E-state index >= 15 is 0 Å². The van der Waals surface area contributed by atoms with Crippen molar-refractivity contribution in [2.24, 2.45) is 0 Å². The minimum absolute atomic E-state index is 0.236. The van der Waals surface area contributed by atoms with E-state index in [1.165, 1.54) is 0 Å². The molecule has 1 aliphatic heterocycles. The molecule has 1 fully saturated rings. The summed E-state index contributed by atoms with van der Waals surface area (Å²) in [6, 6.07) is 0. The van der Waals surface area contributed by atoms with Crippen molar-refractivity contribution in [2.45, 2.75) is 25.9 Å². The summed E-state index contributed by atoms with van der Waals surface area (Å²) in [5.74, 6) is 0.274. The summed E-state index contributed by atoms with van der Waals surface area (Å²) in [6.07, 6.45) is 2.44. The lowest BCUT2D eigenvalue weighted by Gasteiger charge is -2.08. The number of hydrogen-bond acceptors (Lipinski definition) is 3. The van der Waals surface area contributed by atoms with Crippen molar-refractivity contribution in [2.75, 3.05) is 13.2 Å². The summed E-state index contributed by atoms with van der Waals surface area (Å²) in [5.41, 5.74) is 0. The Morgan fingerprint density at radius 1 is 1.80 bits per heavy atom. The van der Waals surface area contributed by atoms with Gasteiger partial charge in [0.05, 0.1) is 6.10 Å². The molecular formula is C7H13NO2. The van der Waals surface area contributed by atoms with Crippen LogP contribution in [0.15, 0.2) is 0 Å². The maximum Gasteiger partial charge on any atom is 0.177 e. The fraction of sp³-hybridized carbons (Fsp3) is 0.857. The molecule has 1 heterocycles. The molecule has 3 heteroatoms. The third-order valence-corrected chi connectivity index (χ3v) is 1.51. The summed E-state index contributed by atoms with van der Waals surface area (Å²) >= 11 is 0. The van der Waals surface area contributed by atoms with E-state index in [-0.39, 0.29) is 12.0 Å². The minimum atomic E-state index is 0.236. The van der Waals surface area contributed by atoms with Gasteiger partial charge in [-0.05, 0) is 12.8 Å². The van der Waals surface area contributed by atoms with Crippen LogP contribution < -0.4 is 0 Å². The summed E-state index contributed by atoms with van der Waals surface area (Å²) in [4.78, 5) is 0. The van der Waals surface area contributed by atoms with Crippen LogP contribution in [0.5, 0.6) is 0 Å². The summed E-state index contributed by atoms with van der Waals surface area (Å²) < 4.78 is 10.3. The highest BCUT2D eigenvalue weighted by atomic mass is 16.5. The van der Waals surface area contributed by atoms with Gasteiger partial charge in [0.25, 0.3) is 0 Å². The highest BCUT2D eigenvalue weighted by molar-refractivity contribution is 5.69. The molecule has 0 aromatic carbocycles. The Bertz CT molecular complexity index is 119. The highest BCUT2D eigenvalue weighted by Crippen LogP contribution is 2.11. The first-order chi connectivity index (χ1) is 4.79. The van der Waals surface area contributed by atoms with Crippen LogP contribution in [0.1, 0.15) is 19.8 Å². The van der Waals surface area contributed by atoms with E-state index in [2.05, 4.69) is 0 Å². The van der Waals surface area contributed by atoms with Gasteiger partial charge < -0.3 is 9.47 Å². The summed E-state index contributed by atoms with van der Waals surface area (Å²) in [6.45, 7) is 3.04. The largest absolute Gasteiger partial charge is 0.479 e. The molecule has 1 unspecified atom stereocenters. The van der Waals surface area contributed by atoms with E-state index in [1.54, 1.807) is 6.92 Å². The Hall–Kier alpha value is -0.570. The van der Waals surface area contributed by atoms with E-state index in [4.69, 9.17) is 14.9 Å². The van der Waals surface area contributed by atoms with Crippen molar-refractivity contribution in [3.63, 3.8) is 0 Å². The van der Waals surface area contributed by atoms with Gasteiger partial charge in [-0.15, -0.1) is 0 Å². The maximum atomic E-state index is 6.98. The van der Waals surface area contributed by atoms with E-state index in [1.807, 2.05) is 0 Å². The molecular weight excluding hydrogens is 130 g/mol. The van der Waals surface area contributed by atoms with Crippen LogP contribution in [0, 0.1) is 5.41 Å². The first-order valence-corrected chi connectivity index (χ1v) is 3.58. The van der Waals surface area contributed by atoms with E-state index in [0.717, 1.165) is 19.4 Å². The topological polar surface area (TPSA) is 42.3 Å². The molecule has 0 amide bonds. The van der Waals surface area contributed by atoms with Crippen molar-refractivity contribution in [3.05, 3.63) is 0 Å². The second kappa shape index (κ2) is 3.56. The monoisotopic (exact) mass is 143 g/mol. The van der Waals surface area contributed by atoms with Crippen LogP contribution >= 0.6 is 0 Å². The van der Waals surface area contributed by atoms with Crippen LogP contribution in [0.2, 0.25) is 0 Å². The number of nitrogens with one attached hydrogen (secondary N) is 1. The number of hydrogen-bond donors (Lipinski definition) is 1. The molecule has 1 rings (SSSR count). The molecule has 58 valence electrons. The zero-order valence-corrected chi connectivity index (χ0v) is 6.22. The normalized spacial score (nSPS) is 24.7. The van der Waals surface area contributed by atoms with Crippen LogP contribution in [0.4, 0.5) is 0 Å². The third-order valence-electron chi connectivity index (χ3n) is 1.51. The van der Waals surface area contributed by atoms with Crippen LogP contribution in [0.25, 0.3) is 0 Å². The van der Waals surface area contributed by atoms with Crippen molar-refractivity contribution >= 4 is 5.90 Å². The average molecular weight is 143 g/mol. The lowest BCUT2D eigenvalue weighted by atomic mass is 10.2. The van der Waals surface area contributed by atoms with E-state index < -0.39 is 0 Å². The number of ether oxygens (including phenoxy) is 2. The van der Waals surface area contributed by atoms with Crippen molar-refractivity contribution < 1.29 is 9.47 Å². The van der Waals surface area contributed by atoms with Crippen LogP contribution in [-0.4, -0.2) is 25.2 Å². The van der Waals surface area contributed by atoms with Gasteiger partial charge in [-0.25, -0.2) is 0 Å². The van der Waals surface area contributed by atoms with Gasteiger partial charge in [0.1, 0.15) is 6.61 Å². The Labute approximate surface area is 60.8 Å². The smallest absolute Gasteiger partial charge is 0.177 e. The molecule has 0 aromatic rings. The molecule has 1 saturated heterocycles. The molecule has 0 aliphatic carbocycles. The zero-order valence-electron chi connectivity index (χ0n) is 6.22. The standard InChI is InChI=1S/C7H13NO2/c1-6(8)10-5-7-3-2-4-9-7/h7-8H,2-5H2,1H3. The second-order valence-corrected chi connectivity index (χ2v) is 2.50. The van der Waals surface area contributed by atoms with Gasteiger partial charge >= 0.3 is 0 Å². The Morgan fingerprint density at radius 2 is 2.60 bits per heavy atom. The number of rotatable bonds is 2. The molecule has 1 N–H and O–H groups in total.